The first kappa shape index (κ1) is 30.6. The summed E-state index contributed by atoms with van der Waals surface area (Å²) in [4.78, 5) is 17.2. The molecule has 4 aromatic rings. The van der Waals surface area contributed by atoms with Crippen LogP contribution in [-0.4, -0.2) is 53.6 Å². The number of rotatable bonds is 6. The zero-order valence-corrected chi connectivity index (χ0v) is 24.7. The number of fused-ring (bicyclic) bond motifs is 1. The number of halogens is 4. The van der Waals surface area contributed by atoms with Gasteiger partial charge in [-0.15, -0.1) is 0 Å². The molecule has 0 aliphatic carbocycles. The molecule has 14 heteroatoms. The van der Waals surface area contributed by atoms with Crippen LogP contribution in [-0.2, 0) is 19.7 Å². The summed E-state index contributed by atoms with van der Waals surface area (Å²) >= 11 is 6.11. The van der Waals surface area contributed by atoms with Gasteiger partial charge >= 0.3 is 12.3 Å². The molecule has 0 spiro atoms. The van der Waals surface area contributed by atoms with Gasteiger partial charge in [0.15, 0.2) is 12.4 Å². The van der Waals surface area contributed by atoms with Gasteiger partial charge in [-0.25, -0.2) is 4.79 Å². The maximum Gasteiger partial charge on any atom is 0.422 e. The number of amides is 1. The molecular weight excluding hydrogens is 595 g/mol. The number of nitrogens with one attached hydrogen (secondary N) is 1. The molecule has 2 aromatic heterocycles. The largest absolute Gasteiger partial charge is 0.483 e. The molecule has 1 N–H and O–H groups in total. The summed E-state index contributed by atoms with van der Waals surface area (Å²) in [6.07, 6.45) is -5.15. The van der Waals surface area contributed by atoms with Crippen molar-refractivity contribution in [3.8, 4) is 28.6 Å². The van der Waals surface area contributed by atoms with Crippen molar-refractivity contribution < 1.29 is 45.9 Å². The van der Waals surface area contributed by atoms with E-state index in [0.29, 0.717) is 27.9 Å². The van der Waals surface area contributed by atoms with Gasteiger partial charge in [0, 0.05) is 16.5 Å². The second-order valence-electron chi connectivity index (χ2n) is 11.5. The Bertz CT molecular complexity index is 1630. The van der Waals surface area contributed by atoms with Gasteiger partial charge in [-0.3, -0.25) is 0 Å². The van der Waals surface area contributed by atoms with Crippen molar-refractivity contribution in [3.05, 3.63) is 53.2 Å². The predicted octanol–water partition coefficient (Wildman–Crippen LogP) is 7.25. The van der Waals surface area contributed by atoms with E-state index >= 15 is 0 Å². The Morgan fingerprint density at radius 2 is 1.74 bits per heavy atom. The minimum absolute atomic E-state index is 0.0400. The van der Waals surface area contributed by atoms with Crippen LogP contribution in [0.2, 0.25) is 5.02 Å². The molecule has 1 amide bonds. The molecule has 0 saturated carbocycles. The smallest absolute Gasteiger partial charge is 0.422 e. The molecule has 43 heavy (non-hydrogen) atoms. The number of benzene rings is 2. The van der Waals surface area contributed by atoms with Crippen molar-refractivity contribution in [1.29, 1.82) is 0 Å². The van der Waals surface area contributed by atoms with Crippen LogP contribution in [0.25, 0.3) is 33.8 Å². The second kappa shape index (κ2) is 11.0. The Morgan fingerprint density at radius 1 is 1.05 bits per heavy atom. The summed E-state index contributed by atoms with van der Waals surface area (Å²) in [6.45, 7) is 7.52. The topological polar surface area (TPSA) is 118 Å². The normalized spacial score (nSPS) is 16.7. The summed E-state index contributed by atoms with van der Waals surface area (Å²) in [5.74, 6) is -0.222. The molecular formula is C29H29ClF3N3O7. The number of alkyl halides is 3. The Kier molecular flexibility index (Phi) is 7.86. The van der Waals surface area contributed by atoms with Gasteiger partial charge in [-0.05, 0) is 77.1 Å². The number of ether oxygens (including phenoxy) is 4. The lowest BCUT2D eigenvalue weighted by Gasteiger charge is -2.42. The first-order valence-electron chi connectivity index (χ1n) is 13.2. The molecule has 1 saturated heterocycles. The van der Waals surface area contributed by atoms with Crippen molar-refractivity contribution in [2.75, 3.05) is 19.8 Å². The number of carbonyl (C=O) groups is 1. The van der Waals surface area contributed by atoms with E-state index in [1.165, 1.54) is 18.2 Å². The highest BCUT2D eigenvalue weighted by Gasteiger charge is 2.46. The highest BCUT2D eigenvalue weighted by Crippen LogP contribution is 2.37. The van der Waals surface area contributed by atoms with Crippen LogP contribution < -0.4 is 10.1 Å². The van der Waals surface area contributed by atoms with E-state index in [-0.39, 0.29) is 35.7 Å². The number of nitrogens with zero attached hydrogens (tertiary/aromatic N) is 2. The molecule has 10 nitrogen and oxygen atoms in total. The Morgan fingerprint density at radius 3 is 2.40 bits per heavy atom. The zero-order valence-electron chi connectivity index (χ0n) is 23.9. The first-order valence-corrected chi connectivity index (χ1v) is 13.6. The summed E-state index contributed by atoms with van der Waals surface area (Å²) in [5.41, 5.74) is -0.367. The van der Waals surface area contributed by atoms with E-state index in [9.17, 15) is 18.0 Å². The molecule has 2 aromatic carbocycles. The number of carbonyl (C=O) groups excluding carboxylic acids is 1. The van der Waals surface area contributed by atoms with Crippen molar-refractivity contribution in [3.63, 3.8) is 0 Å². The molecule has 5 rings (SSSR count). The predicted molar refractivity (Wildman–Crippen MR) is 149 cm³/mol. The van der Waals surface area contributed by atoms with Crippen LogP contribution >= 0.6 is 11.6 Å². The molecule has 230 valence electrons. The number of furan rings is 1. The lowest BCUT2D eigenvalue weighted by Crippen LogP contribution is -2.59. The Hall–Kier alpha value is -3.81. The van der Waals surface area contributed by atoms with Crippen molar-refractivity contribution in [2.24, 2.45) is 0 Å². The van der Waals surface area contributed by atoms with Gasteiger partial charge in [0.2, 0.25) is 5.82 Å². The summed E-state index contributed by atoms with van der Waals surface area (Å²) < 4.78 is 71.0. The average molecular weight is 624 g/mol. The fourth-order valence-corrected chi connectivity index (χ4v) is 4.47. The van der Waals surface area contributed by atoms with Crippen molar-refractivity contribution in [1.82, 2.24) is 15.5 Å². The maximum absolute atomic E-state index is 12.8. The summed E-state index contributed by atoms with van der Waals surface area (Å²) in [7, 11) is 0. The van der Waals surface area contributed by atoms with E-state index in [0.717, 1.165) is 0 Å². The van der Waals surface area contributed by atoms with E-state index in [4.69, 9.17) is 39.5 Å². The minimum atomic E-state index is -4.50. The van der Waals surface area contributed by atoms with Gasteiger partial charge in [0.1, 0.15) is 28.2 Å². The average Bonchev–Trinajstić information content (AvgIpc) is 3.55. The Labute approximate surface area is 249 Å². The highest BCUT2D eigenvalue weighted by atomic mass is 35.5. The number of hydrogen-bond acceptors (Lipinski definition) is 9. The number of aromatic nitrogens is 2. The van der Waals surface area contributed by atoms with E-state index in [1.807, 2.05) is 0 Å². The van der Waals surface area contributed by atoms with Gasteiger partial charge in [0.05, 0.1) is 18.2 Å². The molecule has 1 aliphatic heterocycles. The van der Waals surface area contributed by atoms with Crippen molar-refractivity contribution >= 4 is 28.7 Å². The zero-order chi connectivity index (χ0) is 31.2. The maximum atomic E-state index is 12.8. The summed E-state index contributed by atoms with van der Waals surface area (Å²) in [5, 5.41) is 7.56. The lowest BCUT2D eigenvalue weighted by molar-refractivity contribution is -0.274. The monoisotopic (exact) mass is 623 g/mol. The standard InChI is InChI=1S/C29H29ClF3N3O7/c1-26(2,3)42-25(37)35-28(13-39-27(4,5)40-14-28)22-12-18-10-16(6-8-20(18)41-22)23-34-24(43-36-23)17-7-9-21(19(30)11-17)38-15-29(31,32)33/h6-12H,13-15H2,1-5H3,(H,35,37). The SMILES string of the molecule is CC(C)(C)OC(=O)NC1(c2cc3cc(-c4noc(-c5ccc(OCC(F)(F)F)c(Cl)c5)n4)ccc3o2)COC(C)(C)OC1. The van der Waals surface area contributed by atoms with E-state index in [2.05, 4.69) is 15.5 Å². The molecule has 3 heterocycles. The van der Waals surface area contributed by atoms with E-state index in [1.54, 1.807) is 58.9 Å². The quantitative estimate of drug-likeness (QED) is 0.237. The molecule has 1 aliphatic rings. The molecule has 1 fully saturated rings. The lowest BCUT2D eigenvalue weighted by atomic mass is 9.96. The number of alkyl carbamates (subject to hydrolysis) is 1. The molecule has 0 atom stereocenters. The van der Waals surface area contributed by atoms with Gasteiger partial charge in [-0.1, -0.05) is 16.8 Å². The van der Waals surface area contributed by atoms with Crippen LogP contribution in [0.3, 0.4) is 0 Å². The van der Waals surface area contributed by atoms with Crippen LogP contribution in [0, 0.1) is 0 Å². The third kappa shape index (κ3) is 7.23. The van der Waals surface area contributed by atoms with Crippen LogP contribution in [0.5, 0.6) is 5.75 Å². The highest BCUT2D eigenvalue weighted by molar-refractivity contribution is 6.32. The summed E-state index contributed by atoms with van der Waals surface area (Å²) in [6, 6.07) is 11.2. The van der Waals surface area contributed by atoms with E-state index < -0.39 is 35.8 Å². The van der Waals surface area contributed by atoms with Gasteiger partial charge in [0.25, 0.3) is 5.89 Å². The number of hydrogen-bond donors (Lipinski definition) is 1. The van der Waals surface area contributed by atoms with Crippen LogP contribution in [0.15, 0.2) is 51.4 Å². The van der Waals surface area contributed by atoms with Crippen molar-refractivity contribution in [2.45, 2.75) is 57.7 Å². The third-order valence-electron chi connectivity index (χ3n) is 6.31. The first-order chi connectivity index (χ1) is 20.0. The molecule has 0 bridgehead atoms. The van der Waals surface area contributed by atoms with Gasteiger partial charge < -0.3 is 33.2 Å². The fraction of sp³-hybridized carbons (Fsp3) is 0.414. The molecule has 0 radical (unpaired) electrons. The molecule has 0 unspecified atom stereocenters. The van der Waals surface area contributed by atoms with Crippen LogP contribution in [0.1, 0.15) is 40.4 Å². The Balaban J connectivity index is 1.40. The third-order valence-corrected chi connectivity index (χ3v) is 6.61. The minimum Gasteiger partial charge on any atom is -0.483 e. The van der Waals surface area contributed by atoms with Crippen LogP contribution in [0.4, 0.5) is 18.0 Å². The van der Waals surface area contributed by atoms with Gasteiger partial charge in [-0.2, -0.15) is 18.2 Å². The second-order valence-corrected chi connectivity index (χ2v) is 11.9. The fourth-order valence-electron chi connectivity index (χ4n) is 4.24.